The molecule has 0 spiro atoms. The fraction of sp³-hybridized carbons (Fsp3) is 0.500. The lowest BCUT2D eigenvalue weighted by molar-refractivity contribution is -0.141. The number of hydrogen-bond acceptors (Lipinski definition) is 6. The molecule has 1 fully saturated rings. The number of anilines is 1. The summed E-state index contributed by atoms with van der Waals surface area (Å²) in [7, 11) is 1.31. The molecule has 0 saturated heterocycles. The molecule has 6 nitrogen and oxygen atoms in total. The molecular formula is C14H18N2O4. The highest BCUT2D eigenvalue weighted by molar-refractivity contribution is 5.88. The maximum absolute atomic E-state index is 11.7. The Morgan fingerprint density at radius 2 is 2.20 bits per heavy atom. The minimum Gasteiger partial charge on any atom is -0.465 e. The molecular weight excluding hydrogens is 260 g/mol. The number of aromatic nitrogens is 1. The summed E-state index contributed by atoms with van der Waals surface area (Å²) in [6, 6.07) is 3.75. The number of nitrogens with zero attached hydrogens (tertiary/aromatic N) is 2. The molecule has 0 amide bonds. The van der Waals surface area contributed by atoms with Gasteiger partial charge >= 0.3 is 11.9 Å². The fourth-order valence-corrected chi connectivity index (χ4v) is 1.98. The third-order valence-corrected chi connectivity index (χ3v) is 3.06. The summed E-state index contributed by atoms with van der Waals surface area (Å²) in [5.41, 5.74) is 1.02. The van der Waals surface area contributed by atoms with Crippen molar-refractivity contribution >= 4 is 17.6 Å². The van der Waals surface area contributed by atoms with Crippen LogP contribution in [0.1, 0.15) is 30.3 Å². The normalized spacial score (nSPS) is 13.7. The molecule has 1 aliphatic rings. The van der Waals surface area contributed by atoms with Crippen LogP contribution in [0.2, 0.25) is 0 Å². The molecule has 1 saturated carbocycles. The molecule has 1 heterocycles. The summed E-state index contributed by atoms with van der Waals surface area (Å²) in [5, 5.41) is 0. The second-order valence-electron chi connectivity index (χ2n) is 4.55. The van der Waals surface area contributed by atoms with Gasteiger partial charge in [-0.3, -0.25) is 4.79 Å². The van der Waals surface area contributed by atoms with Crippen molar-refractivity contribution in [1.29, 1.82) is 0 Å². The lowest BCUT2D eigenvalue weighted by Crippen LogP contribution is -2.33. The van der Waals surface area contributed by atoms with Crippen LogP contribution in [0.15, 0.2) is 18.3 Å². The van der Waals surface area contributed by atoms with Gasteiger partial charge in [0.25, 0.3) is 0 Å². The zero-order chi connectivity index (χ0) is 14.5. The third-order valence-electron chi connectivity index (χ3n) is 3.06. The molecule has 0 aromatic carbocycles. The molecule has 2 rings (SSSR count). The van der Waals surface area contributed by atoms with Gasteiger partial charge in [0.05, 0.1) is 13.7 Å². The Bertz CT molecular complexity index is 500. The summed E-state index contributed by atoms with van der Waals surface area (Å²) in [6.07, 6.45) is 3.62. The second kappa shape index (κ2) is 6.36. The highest BCUT2D eigenvalue weighted by atomic mass is 16.5. The number of rotatable bonds is 6. The first kappa shape index (κ1) is 14.3. The molecule has 0 unspecified atom stereocenters. The van der Waals surface area contributed by atoms with E-state index in [9.17, 15) is 9.59 Å². The molecule has 0 aliphatic heterocycles. The van der Waals surface area contributed by atoms with Crippen molar-refractivity contribution in [3.8, 4) is 0 Å². The number of carbonyl (C=O) groups is 2. The Balaban J connectivity index is 2.17. The van der Waals surface area contributed by atoms with Crippen molar-refractivity contribution in [3.05, 3.63) is 24.0 Å². The average molecular weight is 278 g/mol. The number of carbonyl (C=O) groups excluding carboxylic acids is 2. The minimum atomic E-state index is -0.487. The van der Waals surface area contributed by atoms with E-state index in [0.29, 0.717) is 12.6 Å². The topological polar surface area (TPSA) is 68.7 Å². The molecule has 0 N–H and O–H groups in total. The first-order chi connectivity index (χ1) is 9.65. The number of ether oxygens (including phenoxy) is 2. The van der Waals surface area contributed by atoms with E-state index in [2.05, 4.69) is 9.72 Å². The van der Waals surface area contributed by atoms with E-state index in [-0.39, 0.29) is 18.2 Å². The Morgan fingerprint density at radius 1 is 1.45 bits per heavy atom. The van der Waals surface area contributed by atoms with Gasteiger partial charge in [-0.15, -0.1) is 0 Å². The number of hydrogen-bond donors (Lipinski definition) is 0. The average Bonchev–Trinajstić information content (AvgIpc) is 3.29. The predicted octanol–water partition coefficient (Wildman–Crippen LogP) is 1.40. The van der Waals surface area contributed by atoms with Crippen molar-refractivity contribution in [2.45, 2.75) is 25.8 Å². The van der Waals surface area contributed by atoms with Gasteiger partial charge in [0.15, 0.2) is 0 Å². The van der Waals surface area contributed by atoms with Crippen molar-refractivity contribution in [1.82, 2.24) is 4.98 Å². The Hall–Kier alpha value is -2.11. The lowest BCUT2D eigenvalue weighted by atomic mass is 10.2. The highest BCUT2D eigenvalue weighted by Crippen LogP contribution is 2.31. The van der Waals surface area contributed by atoms with Crippen LogP contribution in [-0.2, 0) is 14.3 Å². The minimum absolute atomic E-state index is 0.184. The van der Waals surface area contributed by atoms with E-state index in [1.807, 2.05) is 4.90 Å². The van der Waals surface area contributed by atoms with E-state index in [1.165, 1.54) is 7.11 Å². The number of esters is 2. The van der Waals surface area contributed by atoms with Crippen LogP contribution in [0.4, 0.5) is 5.69 Å². The summed E-state index contributed by atoms with van der Waals surface area (Å²) in [5.74, 6) is -0.755. The van der Waals surface area contributed by atoms with Gasteiger partial charge in [-0.05, 0) is 31.9 Å². The molecule has 0 bridgehead atoms. The SMILES string of the molecule is CCOC(=O)CN(c1ccnc(C(=O)OC)c1)C1CC1. The van der Waals surface area contributed by atoms with E-state index in [1.54, 1.807) is 25.3 Å². The zero-order valence-corrected chi connectivity index (χ0v) is 11.7. The van der Waals surface area contributed by atoms with Crippen LogP contribution < -0.4 is 4.90 Å². The molecule has 1 aliphatic carbocycles. The van der Waals surface area contributed by atoms with E-state index in [0.717, 1.165) is 18.5 Å². The first-order valence-corrected chi connectivity index (χ1v) is 6.62. The van der Waals surface area contributed by atoms with Gasteiger partial charge in [0.2, 0.25) is 0 Å². The van der Waals surface area contributed by atoms with Gasteiger partial charge in [0.1, 0.15) is 12.2 Å². The number of methoxy groups -OCH3 is 1. The van der Waals surface area contributed by atoms with Crippen molar-refractivity contribution in [2.75, 3.05) is 25.2 Å². The van der Waals surface area contributed by atoms with Crippen LogP contribution in [0.3, 0.4) is 0 Å². The maximum atomic E-state index is 11.7. The van der Waals surface area contributed by atoms with Gasteiger partial charge in [-0.2, -0.15) is 0 Å². The van der Waals surface area contributed by atoms with E-state index in [4.69, 9.17) is 4.74 Å². The van der Waals surface area contributed by atoms with Crippen LogP contribution in [0.25, 0.3) is 0 Å². The quantitative estimate of drug-likeness (QED) is 0.733. The standard InChI is InChI=1S/C14H18N2O4/c1-3-20-13(17)9-16(10-4-5-10)11-6-7-15-12(8-11)14(18)19-2/h6-8,10H,3-5,9H2,1-2H3. The smallest absolute Gasteiger partial charge is 0.356 e. The Kier molecular flexibility index (Phi) is 4.55. The summed E-state index contributed by atoms with van der Waals surface area (Å²) in [4.78, 5) is 29.1. The Labute approximate surface area is 117 Å². The summed E-state index contributed by atoms with van der Waals surface area (Å²) in [6.45, 7) is 2.32. The third kappa shape index (κ3) is 3.46. The molecule has 0 radical (unpaired) electrons. The van der Waals surface area contributed by atoms with Gasteiger partial charge in [-0.1, -0.05) is 0 Å². The second-order valence-corrected chi connectivity index (χ2v) is 4.55. The molecule has 0 atom stereocenters. The predicted molar refractivity (Wildman–Crippen MR) is 72.6 cm³/mol. The molecule has 1 aromatic rings. The van der Waals surface area contributed by atoms with Crippen LogP contribution in [-0.4, -0.2) is 43.2 Å². The van der Waals surface area contributed by atoms with Crippen LogP contribution >= 0.6 is 0 Å². The van der Waals surface area contributed by atoms with Crippen LogP contribution in [0.5, 0.6) is 0 Å². The molecule has 108 valence electrons. The number of pyridine rings is 1. The Morgan fingerprint density at radius 3 is 2.80 bits per heavy atom. The zero-order valence-electron chi connectivity index (χ0n) is 11.7. The van der Waals surface area contributed by atoms with Crippen LogP contribution in [0, 0.1) is 0 Å². The molecule has 6 heteroatoms. The fourth-order valence-electron chi connectivity index (χ4n) is 1.98. The van der Waals surface area contributed by atoms with Gasteiger partial charge in [-0.25, -0.2) is 9.78 Å². The monoisotopic (exact) mass is 278 g/mol. The van der Waals surface area contributed by atoms with Crippen molar-refractivity contribution < 1.29 is 19.1 Å². The van der Waals surface area contributed by atoms with E-state index < -0.39 is 5.97 Å². The highest BCUT2D eigenvalue weighted by Gasteiger charge is 2.31. The van der Waals surface area contributed by atoms with Crippen molar-refractivity contribution in [3.63, 3.8) is 0 Å². The molecule has 20 heavy (non-hydrogen) atoms. The van der Waals surface area contributed by atoms with Gasteiger partial charge in [0, 0.05) is 17.9 Å². The first-order valence-electron chi connectivity index (χ1n) is 6.62. The largest absolute Gasteiger partial charge is 0.465 e. The van der Waals surface area contributed by atoms with Gasteiger partial charge < -0.3 is 14.4 Å². The summed E-state index contributed by atoms with van der Waals surface area (Å²) >= 11 is 0. The van der Waals surface area contributed by atoms with E-state index >= 15 is 0 Å². The lowest BCUT2D eigenvalue weighted by Gasteiger charge is -2.23. The maximum Gasteiger partial charge on any atom is 0.356 e. The molecule has 1 aromatic heterocycles. The summed E-state index contributed by atoms with van der Waals surface area (Å²) < 4.78 is 9.64. The van der Waals surface area contributed by atoms with Crippen molar-refractivity contribution in [2.24, 2.45) is 0 Å².